The van der Waals surface area contributed by atoms with Gasteiger partial charge in [0.25, 0.3) is 0 Å². The van der Waals surface area contributed by atoms with Gasteiger partial charge in [-0.15, -0.1) is 0 Å². The number of hydrogen-bond donors (Lipinski definition) is 1. The van der Waals surface area contributed by atoms with Gasteiger partial charge in [0.2, 0.25) is 6.17 Å². The number of carbonyl (C=O) groups is 1. The summed E-state index contributed by atoms with van der Waals surface area (Å²) in [5, 5.41) is 9.67. The average Bonchev–Trinajstić information content (AvgIpc) is 2.37. The lowest BCUT2D eigenvalue weighted by Gasteiger charge is -2.15. The van der Waals surface area contributed by atoms with Gasteiger partial charge in [-0.05, 0) is 24.5 Å². The number of aliphatic hydroxyl groups is 1. The molecule has 2 unspecified atom stereocenters. The second-order valence-corrected chi connectivity index (χ2v) is 3.69. The van der Waals surface area contributed by atoms with Crippen LogP contribution in [0.4, 0.5) is 4.39 Å². The van der Waals surface area contributed by atoms with Gasteiger partial charge in [0.15, 0.2) is 0 Å². The van der Waals surface area contributed by atoms with E-state index in [0.717, 1.165) is 12.0 Å². The van der Waals surface area contributed by atoms with Crippen molar-refractivity contribution in [3.05, 3.63) is 35.4 Å². The minimum absolute atomic E-state index is 0.0980. The van der Waals surface area contributed by atoms with Crippen LogP contribution in [0.25, 0.3) is 0 Å². The van der Waals surface area contributed by atoms with E-state index in [4.69, 9.17) is 0 Å². The van der Waals surface area contributed by atoms with Crippen molar-refractivity contribution in [3.8, 4) is 0 Å². The molecule has 1 rings (SSSR count). The molecule has 0 aromatic heterocycles. The Labute approximate surface area is 100 Å². The van der Waals surface area contributed by atoms with Crippen LogP contribution in [0.1, 0.15) is 31.1 Å². The molecule has 0 spiro atoms. The lowest BCUT2D eigenvalue weighted by Crippen LogP contribution is -2.26. The molecule has 0 heterocycles. The molecule has 94 valence electrons. The van der Waals surface area contributed by atoms with Gasteiger partial charge in [-0.25, -0.2) is 9.18 Å². The van der Waals surface area contributed by atoms with Gasteiger partial charge in [-0.2, -0.15) is 0 Å². The van der Waals surface area contributed by atoms with E-state index in [1.54, 1.807) is 31.2 Å². The SMILES string of the molecule is CCOC(=O)C(F)C(O)c1ccc(CC)cc1. The molecule has 0 bridgehead atoms. The average molecular weight is 240 g/mol. The summed E-state index contributed by atoms with van der Waals surface area (Å²) >= 11 is 0. The molecular weight excluding hydrogens is 223 g/mol. The molecule has 1 aromatic carbocycles. The number of benzene rings is 1. The van der Waals surface area contributed by atoms with E-state index < -0.39 is 18.2 Å². The third-order valence-electron chi connectivity index (χ3n) is 2.52. The monoisotopic (exact) mass is 240 g/mol. The number of hydrogen-bond acceptors (Lipinski definition) is 3. The van der Waals surface area contributed by atoms with E-state index in [1.165, 1.54) is 0 Å². The summed E-state index contributed by atoms with van der Waals surface area (Å²) in [6.45, 7) is 3.69. The summed E-state index contributed by atoms with van der Waals surface area (Å²) in [5.41, 5.74) is 1.47. The highest BCUT2D eigenvalue weighted by Gasteiger charge is 2.28. The molecule has 0 fully saturated rings. The predicted molar refractivity (Wildman–Crippen MR) is 62.3 cm³/mol. The topological polar surface area (TPSA) is 46.5 Å². The molecule has 0 saturated carbocycles. The third-order valence-corrected chi connectivity index (χ3v) is 2.52. The lowest BCUT2D eigenvalue weighted by atomic mass is 10.0. The Hall–Kier alpha value is -1.42. The molecule has 1 N–H and O–H groups in total. The van der Waals surface area contributed by atoms with Crippen LogP contribution in [0.2, 0.25) is 0 Å². The summed E-state index contributed by atoms with van der Waals surface area (Å²) in [5.74, 6) is -1.03. The maximum atomic E-state index is 13.5. The highest BCUT2D eigenvalue weighted by molar-refractivity contribution is 5.75. The van der Waals surface area contributed by atoms with Crippen LogP contribution in [0.15, 0.2) is 24.3 Å². The number of aryl methyl sites for hydroxylation is 1. The molecule has 0 aliphatic heterocycles. The van der Waals surface area contributed by atoms with Gasteiger partial charge < -0.3 is 9.84 Å². The Morgan fingerprint density at radius 1 is 1.35 bits per heavy atom. The van der Waals surface area contributed by atoms with E-state index >= 15 is 0 Å². The van der Waals surface area contributed by atoms with Crippen molar-refractivity contribution >= 4 is 5.97 Å². The Morgan fingerprint density at radius 3 is 2.41 bits per heavy atom. The summed E-state index contributed by atoms with van der Waals surface area (Å²) in [6, 6.07) is 6.84. The molecular formula is C13H17FO3. The number of carbonyl (C=O) groups excluding carboxylic acids is 1. The molecule has 2 atom stereocenters. The van der Waals surface area contributed by atoms with Crippen LogP contribution in [0.5, 0.6) is 0 Å². The molecule has 0 aliphatic carbocycles. The number of esters is 1. The maximum Gasteiger partial charge on any atom is 0.343 e. The van der Waals surface area contributed by atoms with Gasteiger partial charge in [0, 0.05) is 0 Å². The van der Waals surface area contributed by atoms with Crippen molar-refractivity contribution < 1.29 is 19.0 Å². The Kier molecular flexibility index (Phi) is 5.10. The van der Waals surface area contributed by atoms with Gasteiger partial charge in [0.05, 0.1) is 6.61 Å². The molecule has 0 saturated heterocycles. The second kappa shape index (κ2) is 6.35. The van der Waals surface area contributed by atoms with Crippen LogP contribution >= 0.6 is 0 Å². The van der Waals surface area contributed by atoms with E-state index in [1.807, 2.05) is 6.92 Å². The molecule has 4 heteroatoms. The van der Waals surface area contributed by atoms with Crippen LogP contribution in [0.3, 0.4) is 0 Å². The summed E-state index contributed by atoms with van der Waals surface area (Å²) in [6.07, 6.45) is -2.64. The molecule has 3 nitrogen and oxygen atoms in total. The maximum absolute atomic E-state index is 13.5. The molecule has 0 aliphatic rings. The molecule has 0 amide bonds. The number of rotatable bonds is 5. The Balaban J connectivity index is 2.73. The normalized spacial score (nSPS) is 14.1. The van der Waals surface area contributed by atoms with Crippen molar-refractivity contribution in [3.63, 3.8) is 0 Å². The first-order valence-corrected chi connectivity index (χ1v) is 5.67. The summed E-state index contributed by atoms with van der Waals surface area (Å²) in [7, 11) is 0. The fourth-order valence-electron chi connectivity index (χ4n) is 1.47. The van der Waals surface area contributed by atoms with Crippen molar-refractivity contribution in [1.82, 2.24) is 0 Å². The fourth-order valence-corrected chi connectivity index (χ4v) is 1.47. The number of ether oxygens (including phenoxy) is 1. The third kappa shape index (κ3) is 3.53. The van der Waals surface area contributed by atoms with Crippen molar-refractivity contribution in [2.45, 2.75) is 32.5 Å². The first-order valence-electron chi connectivity index (χ1n) is 5.67. The van der Waals surface area contributed by atoms with Crippen LogP contribution in [0, 0.1) is 0 Å². The van der Waals surface area contributed by atoms with Crippen molar-refractivity contribution in [2.75, 3.05) is 6.61 Å². The van der Waals surface area contributed by atoms with Crippen molar-refractivity contribution in [1.29, 1.82) is 0 Å². The zero-order valence-corrected chi connectivity index (χ0v) is 10.0. The molecule has 17 heavy (non-hydrogen) atoms. The van der Waals surface area contributed by atoms with Gasteiger partial charge in [-0.3, -0.25) is 0 Å². The standard InChI is InChI=1S/C13H17FO3/c1-3-9-5-7-10(8-6-9)12(15)11(14)13(16)17-4-2/h5-8,11-12,15H,3-4H2,1-2H3. The van der Waals surface area contributed by atoms with E-state index in [-0.39, 0.29) is 6.61 Å². The van der Waals surface area contributed by atoms with E-state index in [2.05, 4.69) is 4.74 Å². The fraction of sp³-hybridized carbons (Fsp3) is 0.462. The summed E-state index contributed by atoms with van der Waals surface area (Å²) in [4.78, 5) is 11.1. The first kappa shape index (κ1) is 13.6. The van der Waals surface area contributed by atoms with E-state index in [9.17, 15) is 14.3 Å². The quantitative estimate of drug-likeness (QED) is 0.802. The lowest BCUT2D eigenvalue weighted by molar-refractivity contribution is -0.153. The molecule has 1 aromatic rings. The van der Waals surface area contributed by atoms with Gasteiger partial charge in [0.1, 0.15) is 6.10 Å². The minimum Gasteiger partial charge on any atom is -0.464 e. The van der Waals surface area contributed by atoms with Gasteiger partial charge in [-0.1, -0.05) is 31.2 Å². The predicted octanol–water partition coefficient (Wildman–Crippen LogP) is 2.18. The summed E-state index contributed by atoms with van der Waals surface area (Å²) < 4.78 is 18.0. The highest BCUT2D eigenvalue weighted by atomic mass is 19.1. The van der Waals surface area contributed by atoms with Crippen molar-refractivity contribution in [2.24, 2.45) is 0 Å². The Morgan fingerprint density at radius 2 is 1.94 bits per heavy atom. The second-order valence-electron chi connectivity index (χ2n) is 3.69. The van der Waals surface area contributed by atoms with Crippen LogP contribution in [-0.2, 0) is 16.0 Å². The first-order chi connectivity index (χ1) is 8.10. The van der Waals surface area contributed by atoms with Gasteiger partial charge >= 0.3 is 5.97 Å². The zero-order chi connectivity index (χ0) is 12.8. The minimum atomic E-state index is -2.04. The Bertz CT molecular complexity index is 361. The number of aliphatic hydroxyl groups excluding tert-OH is 1. The van der Waals surface area contributed by atoms with E-state index in [0.29, 0.717) is 5.56 Å². The largest absolute Gasteiger partial charge is 0.464 e. The molecule has 0 radical (unpaired) electrons. The number of halogens is 1. The van der Waals surface area contributed by atoms with Crippen LogP contribution < -0.4 is 0 Å². The van der Waals surface area contributed by atoms with Crippen LogP contribution in [-0.4, -0.2) is 23.9 Å². The highest BCUT2D eigenvalue weighted by Crippen LogP contribution is 2.21. The number of alkyl halides is 1. The smallest absolute Gasteiger partial charge is 0.343 e. The zero-order valence-electron chi connectivity index (χ0n) is 10.0.